The van der Waals surface area contributed by atoms with E-state index in [0.717, 1.165) is 12.2 Å². The molecular weight excluding hydrogens is 236 g/mol. The molecule has 0 aliphatic heterocycles. The van der Waals surface area contributed by atoms with Crippen molar-refractivity contribution in [3.05, 3.63) is 29.8 Å². The minimum absolute atomic E-state index is 0.0299. The molecule has 1 aliphatic rings. The third kappa shape index (κ3) is 3.80. The van der Waals surface area contributed by atoms with Gasteiger partial charge in [-0.1, -0.05) is 31.5 Å². The highest BCUT2D eigenvalue weighted by atomic mass is 16.2. The molecule has 0 radical (unpaired) electrons. The van der Waals surface area contributed by atoms with Crippen molar-refractivity contribution in [1.29, 1.82) is 0 Å². The molecule has 0 saturated heterocycles. The SMILES string of the molecule is Cc1ccc(NC(=O)C(C)NCC2CC2(C)C)cc1. The Bertz CT molecular complexity index is 450. The molecule has 1 aromatic rings. The molecule has 2 atom stereocenters. The van der Waals surface area contributed by atoms with Crippen molar-refractivity contribution < 1.29 is 4.79 Å². The van der Waals surface area contributed by atoms with Crippen LogP contribution in [0.4, 0.5) is 5.69 Å². The number of nitrogens with one attached hydrogen (secondary N) is 2. The summed E-state index contributed by atoms with van der Waals surface area (Å²) in [6.07, 6.45) is 1.26. The minimum Gasteiger partial charge on any atom is -0.325 e. The number of carbonyl (C=O) groups excluding carboxylic acids is 1. The fourth-order valence-electron chi connectivity index (χ4n) is 2.22. The highest BCUT2D eigenvalue weighted by molar-refractivity contribution is 5.94. The van der Waals surface area contributed by atoms with Gasteiger partial charge in [-0.2, -0.15) is 0 Å². The van der Waals surface area contributed by atoms with E-state index in [1.807, 2.05) is 38.1 Å². The lowest BCUT2D eigenvalue weighted by Crippen LogP contribution is -2.39. The van der Waals surface area contributed by atoms with Crippen molar-refractivity contribution in [3.8, 4) is 0 Å². The molecule has 1 aliphatic carbocycles. The molecule has 1 aromatic carbocycles. The number of amides is 1. The van der Waals surface area contributed by atoms with Gasteiger partial charge in [-0.25, -0.2) is 0 Å². The number of hydrogen-bond acceptors (Lipinski definition) is 2. The average Bonchev–Trinajstić information content (AvgIpc) is 2.97. The van der Waals surface area contributed by atoms with Crippen molar-refractivity contribution >= 4 is 11.6 Å². The molecule has 0 bridgehead atoms. The van der Waals surface area contributed by atoms with Crippen molar-refractivity contribution in [3.63, 3.8) is 0 Å². The van der Waals surface area contributed by atoms with Gasteiger partial charge in [0.15, 0.2) is 0 Å². The third-order valence-corrected chi connectivity index (χ3v) is 4.10. The number of anilines is 1. The third-order valence-electron chi connectivity index (χ3n) is 4.10. The molecule has 2 rings (SSSR count). The van der Waals surface area contributed by atoms with Gasteiger partial charge in [0.25, 0.3) is 0 Å². The van der Waals surface area contributed by atoms with E-state index in [2.05, 4.69) is 24.5 Å². The summed E-state index contributed by atoms with van der Waals surface area (Å²) < 4.78 is 0. The van der Waals surface area contributed by atoms with Crippen LogP contribution in [0.1, 0.15) is 32.8 Å². The van der Waals surface area contributed by atoms with Crippen LogP contribution in [0, 0.1) is 18.3 Å². The summed E-state index contributed by atoms with van der Waals surface area (Å²) in [6.45, 7) is 9.42. The second kappa shape index (κ2) is 5.33. The van der Waals surface area contributed by atoms with E-state index in [-0.39, 0.29) is 11.9 Å². The quantitative estimate of drug-likeness (QED) is 0.854. The second-order valence-corrected chi connectivity index (χ2v) is 6.37. The Hall–Kier alpha value is -1.35. The van der Waals surface area contributed by atoms with Gasteiger partial charge in [-0.05, 0) is 50.3 Å². The summed E-state index contributed by atoms with van der Waals surface area (Å²) in [4.78, 5) is 12.0. The first-order valence-electron chi connectivity index (χ1n) is 6.99. The zero-order valence-electron chi connectivity index (χ0n) is 12.3. The van der Waals surface area contributed by atoms with Gasteiger partial charge in [-0.3, -0.25) is 4.79 Å². The van der Waals surface area contributed by atoms with Crippen molar-refractivity contribution in [2.45, 2.75) is 40.2 Å². The molecule has 3 nitrogen and oxygen atoms in total. The second-order valence-electron chi connectivity index (χ2n) is 6.37. The van der Waals surface area contributed by atoms with Crippen molar-refractivity contribution in [2.24, 2.45) is 11.3 Å². The van der Waals surface area contributed by atoms with Crippen LogP contribution in [0.2, 0.25) is 0 Å². The summed E-state index contributed by atoms with van der Waals surface area (Å²) in [5.74, 6) is 0.740. The Morgan fingerprint density at radius 1 is 1.37 bits per heavy atom. The lowest BCUT2D eigenvalue weighted by atomic mass is 10.1. The fraction of sp³-hybridized carbons (Fsp3) is 0.562. The van der Waals surface area contributed by atoms with Crippen LogP contribution >= 0.6 is 0 Å². The summed E-state index contributed by atoms with van der Waals surface area (Å²) in [5.41, 5.74) is 2.51. The maximum absolute atomic E-state index is 12.0. The molecule has 0 aromatic heterocycles. The maximum Gasteiger partial charge on any atom is 0.241 e. The minimum atomic E-state index is -0.155. The molecule has 2 unspecified atom stereocenters. The van der Waals surface area contributed by atoms with Crippen LogP contribution in [0.5, 0.6) is 0 Å². The van der Waals surface area contributed by atoms with Crippen LogP contribution in [0.15, 0.2) is 24.3 Å². The molecule has 3 heteroatoms. The van der Waals surface area contributed by atoms with Gasteiger partial charge in [0.2, 0.25) is 5.91 Å². The van der Waals surface area contributed by atoms with E-state index < -0.39 is 0 Å². The molecule has 0 heterocycles. The Balaban J connectivity index is 1.77. The van der Waals surface area contributed by atoms with E-state index >= 15 is 0 Å². The molecule has 1 fully saturated rings. The summed E-state index contributed by atoms with van der Waals surface area (Å²) in [7, 11) is 0. The van der Waals surface area contributed by atoms with Gasteiger partial charge in [0.1, 0.15) is 0 Å². The van der Waals surface area contributed by atoms with E-state index in [1.165, 1.54) is 12.0 Å². The van der Waals surface area contributed by atoms with Crippen LogP contribution in [0.3, 0.4) is 0 Å². The predicted octanol–water partition coefficient (Wildman–Crippen LogP) is 2.96. The Morgan fingerprint density at radius 3 is 2.47 bits per heavy atom. The van der Waals surface area contributed by atoms with Crippen molar-refractivity contribution in [2.75, 3.05) is 11.9 Å². The van der Waals surface area contributed by atoms with Crippen molar-refractivity contribution in [1.82, 2.24) is 5.32 Å². The van der Waals surface area contributed by atoms with Gasteiger partial charge < -0.3 is 10.6 Å². The van der Waals surface area contributed by atoms with E-state index in [9.17, 15) is 4.79 Å². The summed E-state index contributed by atoms with van der Waals surface area (Å²) in [5, 5.41) is 6.25. The predicted molar refractivity (Wildman–Crippen MR) is 79.2 cm³/mol. The molecule has 0 spiro atoms. The maximum atomic E-state index is 12.0. The number of hydrogen-bond donors (Lipinski definition) is 2. The summed E-state index contributed by atoms with van der Waals surface area (Å²) in [6, 6.07) is 7.71. The van der Waals surface area contributed by atoms with Gasteiger partial charge in [0, 0.05) is 5.69 Å². The van der Waals surface area contributed by atoms with Gasteiger partial charge >= 0.3 is 0 Å². The van der Waals surface area contributed by atoms with E-state index in [1.54, 1.807) is 0 Å². The number of aryl methyl sites for hydroxylation is 1. The highest BCUT2D eigenvalue weighted by Crippen LogP contribution is 2.50. The van der Waals surface area contributed by atoms with E-state index in [0.29, 0.717) is 11.3 Å². The number of carbonyl (C=O) groups is 1. The highest BCUT2D eigenvalue weighted by Gasteiger charge is 2.45. The molecule has 104 valence electrons. The Morgan fingerprint density at radius 2 is 1.95 bits per heavy atom. The van der Waals surface area contributed by atoms with Gasteiger partial charge in [0.05, 0.1) is 6.04 Å². The molecular formula is C16H24N2O. The molecule has 1 saturated carbocycles. The zero-order valence-corrected chi connectivity index (χ0v) is 12.3. The normalized spacial score (nSPS) is 21.8. The molecule has 1 amide bonds. The van der Waals surface area contributed by atoms with Crippen LogP contribution in [-0.4, -0.2) is 18.5 Å². The fourth-order valence-corrected chi connectivity index (χ4v) is 2.22. The average molecular weight is 260 g/mol. The number of benzene rings is 1. The zero-order chi connectivity index (χ0) is 14.0. The smallest absolute Gasteiger partial charge is 0.241 e. The van der Waals surface area contributed by atoms with E-state index in [4.69, 9.17) is 0 Å². The number of rotatable bonds is 5. The Labute approximate surface area is 115 Å². The van der Waals surface area contributed by atoms with Crippen LogP contribution in [-0.2, 0) is 4.79 Å². The Kier molecular flexibility index (Phi) is 3.95. The van der Waals surface area contributed by atoms with Crippen LogP contribution < -0.4 is 10.6 Å². The lowest BCUT2D eigenvalue weighted by Gasteiger charge is -2.14. The van der Waals surface area contributed by atoms with Crippen LogP contribution in [0.25, 0.3) is 0 Å². The van der Waals surface area contributed by atoms with Gasteiger partial charge in [-0.15, -0.1) is 0 Å². The first kappa shape index (κ1) is 14.1. The topological polar surface area (TPSA) is 41.1 Å². The standard InChI is InChI=1S/C16H24N2O/c1-11-5-7-14(8-6-11)18-15(19)12(2)17-10-13-9-16(13,3)4/h5-8,12-13,17H,9-10H2,1-4H3,(H,18,19). The first-order chi connectivity index (χ1) is 8.88. The summed E-state index contributed by atoms with van der Waals surface area (Å²) >= 11 is 0. The monoisotopic (exact) mass is 260 g/mol. The largest absolute Gasteiger partial charge is 0.325 e. The molecule has 2 N–H and O–H groups in total. The molecule has 19 heavy (non-hydrogen) atoms. The first-order valence-corrected chi connectivity index (χ1v) is 6.99. The lowest BCUT2D eigenvalue weighted by molar-refractivity contribution is -0.117.